The lowest BCUT2D eigenvalue weighted by Crippen LogP contribution is -2.53. The van der Waals surface area contributed by atoms with Crippen LogP contribution in [0.2, 0.25) is 5.02 Å². The van der Waals surface area contributed by atoms with E-state index in [1.807, 2.05) is 6.07 Å². The largest absolute Gasteiger partial charge is 0.383 e. The zero-order chi connectivity index (χ0) is 17.7. The number of halogens is 2. The monoisotopic (exact) mass is 401 g/mol. The summed E-state index contributed by atoms with van der Waals surface area (Å²) in [5.41, 5.74) is 7.67. The maximum Gasteiger partial charge on any atom is 0.0589 e. The number of rotatable bonds is 6. The number of nitrogens with zero attached hydrogens (tertiary/aromatic N) is 2. The molecule has 148 valence electrons. The lowest BCUT2D eigenvalue weighted by Gasteiger charge is -2.46. The molecular weight excluding hydrogens is 369 g/mol. The van der Waals surface area contributed by atoms with Gasteiger partial charge in [0.1, 0.15) is 0 Å². The molecule has 1 aliphatic heterocycles. The number of hydrogen-bond acceptors (Lipinski definition) is 4. The van der Waals surface area contributed by atoms with Crippen LogP contribution in [0, 0.1) is 0 Å². The molecule has 1 aliphatic carbocycles. The highest BCUT2D eigenvalue weighted by Crippen LogP contribution is 2.40. The number of methoxy groups -OCH3 is 1. The maximum absolute atomic E-state index is 6.23. The normalized spacial score (nSPS) is 27.9. The van der Waals surface area contributed by atoms with Gasteiger partial charge in [-0.25, -0.2) is 0 Å². The van der Waals surface area contributed by atoms with E-state index in [0.717, 1.165) is 31.3 Å². The summed E-state index contributed by atoms with van der Waals surface area (Å²) in [6.07, 6.45) is 4.81. The molecule has 0 atom stereocenters. The highest BCUT2D eigenvalue weighted by atomic mass is 35.5. The summed E-state index contributed by atoms with van der Waals surface area (Å²) < 4.78 is 5.20. The zero-order valence-corrected chi connectivity index (χ0v) is 17.4. The lowest BCUT2D eigenvalue weighted by atomic mass is 9.68. The van der Waals surface area contributed by atoms with E-state index in [1.54, 1.807) is 7.11 Å². The van der Waals surface area contributed by atoms with Crippen LogP contribution in [0.25, 0.3) is 0 Å². The fourth-order valence-electron chi connectivity index (χ4n) is 4.52. The summed E-state index contributed by atoms with van der Waals surface area (Å²) in [6.45, 7) is 7.29. The average Bonchev–Trinajstić information content (AvgIpc) is 2.67. The SMILES string of the molecule is COCCN1CCN([C@H]2CC[C@](CN)(c3cccc(Cl)c3)CC2)CC1.Cl. The first-order chi connectivity index (χ1) is 12.2. The molecule has 3 rings (SSSR count). The first-order valence-corrected chi connectivity index (χ1v) is 9.96. The van der Waals surface area contributed by atoms with Crippen molar-refractivity contribution in [1.29, 1.82) is 0 Å². The van der Waals surface area contributed by atoms with E-state index < -0.39 is 0 Å². The molecule has 4 nitrogen and oxygen atoms in total. The molecule has 0 spiro atoms. The fourth-order valence-corrected chi connectivity index (χ4v) is 4.71. The van der Waals surface area contributed by atoms with Gasteiger partial charge in [0.05, 0.1) is 6.61 Å². The molecule has 0 aromatic heterocycles. The van der Waals surface area contributed by atoms with Gasteiger partial charge in [-0.2, -0.15) is 0 Å². The van der Waals surface area contributed by atoms with Crippen LogP contribution in [0.4, 0.5) is 0 Å². The van der Waals surface area contributed by atoms with Gasteiger partial charge in [-0.05, 0) is 43.4 Å². The van der Waals surface area contributed by atoms with Crippen LogP contribution in [0.15, 0.2) is 24.3 Å². The van der Waals surface area contributed by atoms with E-state index >= 15 is 0 Å². The van der Waals surface area contributed by atoms with Crippen molar-refractivity contribution < 1.29 is 4.74 Å². The first-order valence-electron chi connectivity index (χ1n) is 9.58. The molecule has 26 heavy (non-hydrogen) atoms. The number of benzene rings is 1. The molecule has 2 fully saturated rings. The Kier molecular flexibility index (Phi) is 8.65. The summed E-state index contributed by atoms with van der Waals surface area (Å²) in [7, 11) is 1.78. The first kappa shape index (κ1) is 21.9. The third-order valence-corrected chi connectivity index (χ3v) is 6.51. The Hall–Kier alpha value is -0.360. The molecule has 1 saturated carbocycles. The number of piperazine rings is 1. The Morgan fingerprint density at radius 1 is 1.19 bits per heavy atom. The van der Waals surface area contributed by atoms with Crippen molar-refractivity contribution in [2.24, 2.45) is 5.73 Å². The summed E-state index contributed by atoms with van der Waals surface area (Å²) in [5.74, 6) is 0. The minimum atomic E-state index is 0. The third kappa shape index (κ3) is 5.12. The van der Waals surface area contributed by atoms with Gasteiger partial charge in [0.2, 0.25) is 0 Å². The van der Waals surface area contributed by atoms with Crippen LogP contribution in [0.3, 0.4) is 0 Å². The molecule has 1 aromatic rings. The minimum Gasteiger partial charge on any atom is -0.383 e. The van der Waals surface area contributed by atoms with Crippen LogP contribution in [0.1, 0.15) is 31.2 Å². The van der Waals surface area contributed by atoms with Crippen molar-refractivity contribution in [3.8, 4) is 0 Å². The van der Waals surface area contributed by atoms with Crippen molar-refractivity contribution in [3.05, 3.63) is 34.9 Å². The predicted octanol–water partition coefficient (Wildman–Crippen LogP) is 3.16. The average molecular weight is 402 g/mol. The van der Waals surface area contributed by atoms with E-state index in [0.29, 0.717) is 12.6 Å². The van der Waals surface area contributed by atoms with Crippen molar-refractivity contribution >= 4 is 24.0 Å². The van der Waals surface area contributed by atoms with Crippen molar-refractivity contribution in [2.75, 3.05) is 53.0 Å². The van der Waals surface area contributed by atoms with Crippen molar-refractivity contribution in [3.63, 3.8) is 0 Å². The number of nitrogens with two attached hydrogens (primary N) is 1. The standard InChI is InChI=1S/C20H32ClN3O.ClH/c1-25-14-13-23-9-11-24(12-10-23)19-5-7-20(16-22,8-6-19)17-3-2-4-18(21)15-17;/h2-4,15,19H,5-14,16,22H2,1H3;1H/t19-,20-;. The highest BCUT2D eigenvalue weighted by molar-refractivity contribution is 6.30. The Bertz CT molecular complexity index is 542. The highest BCUT2D eigenvalue weighted by Gasteiger charge is 2.38. The zero-order valence-electron chi connectivity index (χ0n) is 15.8. The van der Waals surface area contributed by atoms with E-state index in [2.05, 4.69) is 28.0 Å². The Labute approximate surface area is 169 Å². The molecule has 1 saturated heterocycles. The van der Waals surface area contributed by atoms with E-state index in [-0.39, 0.29) is 17.8 Å². The molecule has 1 heterocycles. The summed E-state index contributed by atoms with van der Waals surface area (Å²) in [6, 6.07) is 9.03. The minimum absolute atomic E-state index is 0. The topological polar surface area (TPSA) is 41.7 Å². The van der Waals surface area contributed by atoms with Gasteiger partial charge >= 0.3 is 0 Å². The predicted molar refractivity (Wildman–Crippen MR) is 112 cm³/mol. The van der Waals surface area contributed by atoms with Gasteiger partial charge in [0.25, 0.3) is 0 Å². The van der Waals surface area contributed by atoms with Gasteiger partial charge in [0.15, 0.2) is 0 Å². The molecule has 0 unspecified atom stereocenters. The summed E-state index contributed by atoms with van der Waals surface area (Å²) >= 11 is 6.22. The van der Waals surface area contributed by atoms with Gasteiger partial charge in [-0.1, -0.05) is 23.7 Å². The second-order valence-electron chi connectivity index (χ2n) is 7.60. The Balaban J connectivity index is 0.00000243. The van der Waals surface area contributed by atoms with Crippen LogP contribution in [-0.2, 0) is 10.2 Å². The van der Waals surface area contributed by atoms with Crippen LogP contribution < -0.4 is 5.73 Å². The molecule has 2 aliphatic rings. The van der Waals surface area contributed by atoms with Crippen LogP contribution in [-0.4, -0.2) is 68.8 Å². The number of hydrogen-bond donors (Lipinski definition) is 1. The second kappa shape index (κ2) is 10.3. The second-order valence-corrected chi connectivity index (χ2v) is 8.03. The van der Waals surface area contributed by atoms with Crippen LogP contribution >= 0.6 is 24.0 Å². The van der Waals surface area contributed by atoms with E-state index in [9.17, 15) is 0 Å². The Morgan fingerprint density at radius 2 is 1.88 bits per heavy atom. The molecule has 1 aromatic carbocycles. The number of ether oxygens (including phenoxy) is 1. The van der Waals surface area contributed by atoms with Crippen LogP contribution in [0.5, 0.6) is 0 Å². The van der Waals surface area contributed by atoms with E-state index in [4.69, 9.17) is 22.1 Å². The smallest absolute Gasteiger partial charge is 0.0589 e. The molecule has 6 heteroatoms. The summed E-state index contributed by atoms with van der Waals surface area (Å²) in [4.78, 5) is 5.21. The molecule has 0 amide bonds. The Morgan fingerprint density at radius 3 is 2.46 bits per heavy atom. The molecule has 0 radical (unpaired) electrons. The van der Waals surface area contributed by atoms with Gasteiger partial charge in [-0.15, -0.1) is 12.4 Å². The lowest BCUT2D eigenvalue weighted by molar-refractivity contribution is 0.0536. The quantitative estimate of drug-likeness (QED) is 0.794. The third-order valence-electron chi connectivity index (χ3n) is 6.27. The molecule has 2 N–H and O–H groups in total. The summed E-state index contributed by atoms with van der Waals surface area (Å²) in [5, 5.41) is 0.819. The van der Waals surface area contributed by atoms with Gasteiger partial charge < -0.3 is 10.5 Å². The molecule has 0 bridgehead atoms. The van der Waals surface area contributed by atoms with E-state index in [1.165, 1.54) is 44.3 Å². The van der Waals surface area contributed by atoms with Gasteiger partial charge in [-0.3, -0.25) is 9.80 Å². The molecular formula is C20H33Cl2N3O. The fraction of sp³-hybridized carbons (Fsp3) is 0.700. The van der Waals surface area contributed by atoms with Crippen molar-refractivity contribution in [2.45, 2.75) is 37.1 Å². The van der Waals surface area contributed by atoms with Crippen molar-refractivity contribution in [1.82, 2.24) is 9.80 Å². The van der Waals surface area contributed by atoms with Gasteiger partial charge in [0, 0.05) is 62.9 Å². The maximum atomic E-state index is 6.23.